The number of carboxylic acid groups (broad SMARTS) is 1. The molecule has 1 unspecified atom stereocenters. The highest BCUT2D eigenvalue weighted by molar-refractivity contribution is 7.99. The third-order valence-corrected chi connectivity index (χ3v) is 3.94. The first-order valence-corrected chi connectivity index (χ1v) is 7.92. The summed E-state index contributed by atoms with van der Waals surface area (Å²) in [6.45, 7) is 6.21. The van der Waals surface area contributed by atoms with Crippen LogP contribution in [0, 0.1) is 5.92 Å². The summed E-state index contributed by atoms with van der Waals surface area (Å²) in [5.74, 6) is -0.980. The number of thioether (sulfide) groups is 1. The van der Waals surface area contributed by atoms with Gasteiger partial charge in [0.05, 0.1) is 11.7 Å². The maximum Gasteiger partial charge on any atom is 0.306 e. The molecule has 7 nitrogen and oxygen atoms in total. The van der Waals surface area contributed by atoms with Gasteiger partial charge in [-0.2, -0.15) is 0 Å². The molecule has 0 bridgehead atoms. The van der Waals surface area contributed by atoms with Crippen molar-refractivity contribution in [3.8, 4) is 0 Å². The molecule has 0 aromatic carbocycles. The number of nitrogens with zero attached hydrogens (tertiary/aromatic N) is 3. The van der Waals surface area contributed by atoms with Gasteiger partial charge in [0.25, 0.3) is 0 Å². The zero-order valence-corrected chi connectivity index (χ0v) is 13.4. The highest BCUT2D eigenvalue weighted by Crippen LogP contribution is 2.18. The Bertz CT molecular complexity index is 476. The summed E-state index contributed by atoms with van der Waals surface area (Å²) >= 11 is 1.34. The van der Waals surface area contributed by atoms with Crippen LogP contribution in [0.4, 0.5) is 0 Å². The Kier molecular flexibility index (Phi) is 7.21. The standard InChI is InChI=1S/C13H22N4O3S/c1-9(2)17-8-15-16-13(17)21-7-11(18)14-6-4-5-10(3)12(19)20/h8-10H,4-7H2,1-3H3,(H,14,18)(H,19,20). The Hall–Kier alpha value is -1.57. The summed E-state index contributed by atoms with van der Waals surface area (Å²) in [4.78, 5) is 22.3. The number of carbonyl (C=O) groups is 2. The monoisotopic (exact) mass is 314 g/mol. The molecule has 118 valence electrons. The number of carboxylic acids is 1. The van der Waals surface area contributed by atoms with Crippen molar-refractivity contribution in [1.29, 1.82) is 0 Å². The van der Waals surface area contributed by atoms with E-state index in [9.17, 15) is 9.59 Å². The minimum Gasteiger partial charge on any atom is -0.481 e. The van der Waals surface area contributed by atoms with Crippen LogP contribution >= 0.6 is 11.8 Å². The van der Waals surface area contributed by atoms with E-state index in [4.69, 9.17) is 5.11 Å². The minimum atomic E-state index is -0.801. The van der Waals surface area contributed by atoms with E-state index in [0.29, 0.717) is 19.4 Å². The predicted octanol–water partition coefficient (Wildman–Crippen LogP) is 1.57. The van der Waals surface area contributed by atoms with Gasteiger partial charge in [0.2, 0.25) is 5.91 Å². The van der Waals surface area contributed by atoms with Crippen LogP contribution in [-0.4, -0.2) is 44.0 Å². The molecule has 2 N–H and O–H groups in total. The summed E-state index contributed by atoms with van der Waals surface area (Å²) in [5.41, 5.74) is 0. The van der Waals surface area contributed by atoms with E-state index in [0.717, 1.165) is 5.16 Å². The van der Waals surface area contributed by atoms with Crippen LogP contribution in [0.15, 0.2) is 11.5 Å². The van der Waals surface area contributed by atoms with Crippen LogP contribution < -0.4 is 5.32 Å². The van der Waals surface area contributed by atoms with Crippen molar-refractivity contribution in [3.63, 3.8) is 0 Å². The van der Waals surface area contributed by atoms with E-state index in [1.807, 2.05) is 18.4 Å². The Morgan fingerprint density at radius 2 is 2.14 bits per heavy atom. The van der Waals surface area contributed by atoms with Crippen LogP contribution in [0.5, 0.6) is 0 Å². The largest absolute Gasteiger partial charge is 0.481 e. The van der Waals surface area contributed by atoms with Gasteiger partial charge in [-0.1, -0.05) is 18.7 Å². The quantitative estimate of drug-likeness (QED) is 0.530. The fraction of sp³-hybridized carbons (Fsp3) is 0.692. The molecule has 0 fully saturated rings. The van der Waals surface area contributed by atoms with E-state index in [-0.39, 0.29) is 23.6 Å². The lowest BCUT2D eigenvalue weighted by atomic mass is 10.1. The van der Waals surface area contributed by atoms with Gasteiger partial charge >= 0.3 is 5.97 Å². The average molecular weight is 314 g/mol. The first-order chi connectivity index (χ1) is 9.91. The first-order valence-electron chi connectivity index (χ1n) is 6.93. The molecule has 0 aliphatic rings. The Morgan fingerprint density at radius 1 is 1.43 bits per heavy atom. The number of hydrogen-bond acceptors (Lipinski definition) is 5. The van der Waals surface area contributed by atoms with Crippen molar-refractivity contribution >= 4 is 23.6 Å². The van der Waals surface area contributed by atoms with Crippen LogP contribution in [0.1, 0.15) is 39.7 Å². The number of amides is 1. The minimum absolute atomic E-state index is 0.0821. The van der Waals surface area contributed by atoms with Crippen LogP contribution in [0.25, 0.3) is 0 Å². The summed E-state index contributed by atoms with van der Waals surface area (Å²) in [6, 6.07) is 0.253. The van der Waals surface area contributed by atoms with E-state index in [1.165, 1.54) is 11.8 Å². The van der Waals surface area contributed by atoms with Crippen molar-refractivity contribution in [2.75, 3.05) is 12.3 Å². The molecule has 0 aliphatic heterocycles. The number of carbonyl (C=O) groups excluding carboxylic acids is 1. The molecule has 8 heteroatoms. The van der Waals surface area contributed by atoms with Gasteiger partial charge in [0.1, 0.15) is 6.33 Å². The second-order valence-corrected chi connectivity index (χ2v) is 6.08. The molecule has 0 saturated heterocycles. The van der Waals surface area contributed by atoms with Crippen LogP contribution in [0.2, 0.25) is 0 Å². The average Bonchev–Trinajstić information content (AvgIpc) is 2.89. The zero-order chi connectivity index (χ0) is 15.8. The van der Waals surface area contributed by atoms with Crippen molar-refractivity contribution in [2.24, 2.45) is 5.92 Å². The lowest BCUT2D eigenvalue weighted by Crippen LogP contribution is -2.27. The third-order valence-electron chi connectivity index (χ3n) is 2.99. The van der Waals surface area contributed by atoms with Crippen molar-refractivity contribution in [2.45, 2.75) is 44.8 Å². The van der Waals surface area contributed by atoms with E-state index in [2.05, 4.69) is 15.5 Å². The first kappa shape index (κ1) is 17.5. The molecule has 1 amide bonds. The van der Waals surface area contributed by atoms with Crippen LogP contribution in [-0.2, 0) is 9.59 Å². The van der Waals surface area contributed by atoms with Gasteiger partial charge in [-0.3, -0.25) is 9.59 Å². The number of hydrogen-bond donors (Lipinski definition) is 2. The Balaban J connectivity index is 2.22. The molecule has 0 radical (unpaired) electrons. The normalized spacial score (nSPS) is 12.4. The second-order valence-electron chi connectivity index (χ2n) is 5.13. The van der Waals surface area contributed by atoms with Crippen molar-refractivity contribution < 1.29 is 14.7 Å². The van der Waals surface area contributed by atoms with Crippen LogP contribution in [0.3, 0.4) is 0 Å². The molecule has 0 saturated carbocycles. The van der Waals surface area contributed by atoms with E-state index in [1.54, 1.807) is 13.3 Å². The highest BCUT2D eigenvalue weighted by atomic mass is 32.2. The molecular formula is C13H22N4O3S. The second kappa shape index (κ2) is 8.66. The molecule has 21 heavy (non-hydrogen) atoms. The molecule has 1 aromatic heterocycles. The number of rotatable bonds is 9. The van der Waals surface area contributed by atoms with Gasteiger partial charge in [-0.25, -0.2) is 0 Å². The fourth-order valence-electron chi connectivity index (χ4n) is 1.63. The van der Waals surface area contributed by atoms with Gasteiger partial charge in [-0.05, 0) is 26.7 Å². The molecule has 0 spiro atoms. The summed E-state index contributed by atoms with van der Waals surface area (Å²) in [6.07, 6.45) is 2.87. The smallest absolute Gasteiger partial charge is 0.306 e. The van der Waals surface area contributed by atoms with E-state index < -0.39 is 5.97 Å². The van der Waals surface area contributed by atoms with Gasteiger partial charge < -0.3 is 15.0 Å². The SMILES string of the molecule is CC(CCCNC(=O)CSc1nncn1C(C)C)C(=O)O. The predicted molar refractivity (Wildman–Crippen MR) is 80.2 cm³/mol. The van der Waals surface area contributed by atoms with Crippen molar-refractivity contribution in [1.82, 2.24) is 20.1 Å². The molecule has 1 aromatic rings. The summed E-state index contributed by atoms with van der Waals surface area (Å²) in [5, 5.41) is 20.1. The summed E-state index contributed by atoms with van der Waals surface area (Å²) < 4.78 is 1.91. The Labute approximate surface area is 128 Å². The fourth-order valence-corrected chi connectivity index (χ4v) is 2.50. The van der Waals surface area contributed by atoms with Gasteiger partial charge in [0.15, 0.2) is 5.16 Å². The summed E-state index contributed by atoms with van der Waals surface area (Å²) in [7, 11) is 0. The van der Waals surface area contributed by atoms with Crippen molar-refractivity contribution in [3.05, 3.63) is 6.33 Å². The topological polar surface area (TPSA) is 97.1 Å². The van der Waals surface area contributed by atoms with E-state index >= 15 is 0 Å². The maximum atomic E-state index is 11.7. The zero-order valence-electron chi connectivity index (χ0n) is 12.6. The third kappa shape index (κ3) is 6.16. The number of nitrogens with one attached hydrogen (secondary N) is 1. The number of aromatic nitrogens is 3. The maximum absolute atomic E-state index is 11.7. The van der Waals surface area contributed by atoms with Gasteiger partial charge in [-0.15, -0.1) is 10.2 Å². The molecule has 1 heterocycles. The lowest BCUT2D eigenvalue weighted by Gasteiger charge is -2.10. The molecule has 1 atom stereocenters. The molecule has 1 rings (SSSR count). The Morgan fingerprint density at radius 3 is 2.76 bits per heavy atom. The van der Waals surface area contributed by atoms with Gasteiger partial charge in [0, 0.05) is 12.6 Å². The highest BCUT2D eigenvalue weighted by Gasteiger charge is 2.12. The number of aliphatic carboxylic acids is 1. The lowest BCUT2D eigenvalue weighted by molar-refractivity contribution is -0.141. The molecular weight excluding hydrogens is 292 g/mol. The molecule has 0 aliphatic carbocycles.